The van der Waals surface area contributed by atoms with Crippen LogP contribution in [-0.4, -0.2) is 60.8 Å². The number of carbonyl (C=O) groups is 1. The minimum atomic E-state index is -0.116. The van der Waals surface area contributed by atoms with E-state index in [1.807, 2.05) is 29.9 Å². The Hall–Kier alpha value is -2.30. The molecular weight excluding hydrogens is 495 g/mol. The number of benzene rings is 1. The first kappa shape index (κ1) is 25.7. The molecular formula is C21H33IN6O2. The van der Waals surface area contributed by atoms with E-state index in [9.17, 15) is 4.79 Å². The zero-order valence-corrected chi connectivity index (χ0v) is 20.9. The number of aliphatic imine (C=N–C) groups is 1. The number of carbonyl (C=O) groups excluding carboxylic acids is 1. The molecule has 0 bridgehead atoms. The molecule has 0 aliphatic rings. The molecule has 0 saturated carbocycles. The molecule has 1 aromatic carbocycles. The summed E-state index contributed by atoms with van der Waals surface area (Å²) in [5.74, 6) is 1.74. The van der Waals surface area contributed by atoms with Gasteiger partial charge in [-0.3, -0.25) is 14.5 Å². The third-order valence-electron chi connectivity index (χ3n) is 4.51. The number of aryl methyl sites for hydroxylation is 1. The second-order valence-corrected chi connectivity index (χ2v) is 7.18. The van der Waals surface area contributed by atoms with Crippen molar-refractivity contribution in [3.63, 3.8) is 0 Å². The lowest BCUT2D eigenvalue weighted by Crippen LogP contribution is -2.42. The summed E-state index contributed by atoms with van der Waals surface area (Å²) < 4.78 is 6.96. The molecule has 0 unspecified atom stereocenters. The maximum Gasteiger partial charge on any atom is 0.251 e. The second kappa shape index (κ2) is 12.4. The normalized spacial score (nSPS) is 11.1. The minimum absolute atomic E-state index is 0. The van der Waals surface area contributed by atoms with Crippen LogP contribution in [0.25, 0.3) is 0 Å². The first-order chi connectivity index (χ1) is 13.8. The molecule has 1 heterocycles. The van der Waals surface area contributed by atoms with Crippen LogP contribution in [0.2, 0.25) is 0 Å². The van der Waals surface area contributed by atoms with E-state index >= 15 is 0 Å². The Kier molecular flexibility index (Phi) is 10.6. The van der Waals surface area contributed by atoms with Crippen LogP contribution in [0.1, 0.15) is 41.4 Å². The molecule has 2 rings (SSSR count). The number of nitrogens with zero attached hydrogens (tertiary/aromatic N) is 4. The van der Waals surface area contributed by atoms with E-state index in [-0.39, 0.29) is 29.9 Å². The van der Waals surface area contributed by atoms with Gasteiger partial charge in [0.25, 0.3) is 5.91 Å². The molecule has 1 aromatic heterocycles. The minimum Gasteiger partial charge on any atom is -0.497 e. The summed E-state index contributed by atoms with van der Waals surface area (Å²) in [6.45, 7) is 6.05. The fourth-order valence-electron chi connectivity index (χ4n) is 3.07. The zero-order chi connectivity index (χ0) is 21.4. The Morgan fingerprint density at radius 2 is 1.87 bits per heavy atom. The van der Waals surface area contributed by atoms with Crippen molar-refractivity contribution >= 4 is 35.8 Å². The predicted octanol–water partition coefficient (Wildman–Crippen LogP) is 2.61. The molecule has 9 heteroatoms. The van der Waals surface area contributed by atoms with Crippen molar-refractivity contribution in [2.75, 3.05) is 34.3 Å². The molecule has 8 nitrogen and oxygen atoms in total. The van der Waals surface area contributed by atoms with E-state index in [2.05, 4.69) is 34.6 Å². The van der Waals surface area contributed by atoms with Gasteiger partial charge >= 0.3 is 0 Å². The summed E-state index contributed by atoms with van der Waals surface area (Å²) in [5, 5.41) is 10.7. The highest BCUT2D eigenvalue weighted by molar-refractivity contribution is 14.0. The van der Waals surface area contributed by atoms with Crippen LogP contribution in [-0.2, 0) is 13.6 Å². The summed E-state index contributed by atoms with van der Waals surface area (Å²) in [7, 11) is 7.28. The quantitative estimate of drug-likeness (QED) is 0.238. The molecule has 0 saturated heterocycles. The number of guanidine groups is 1. The van der Waals surface area contributed by atoms with E-state index in [0.29, 0.717) is 31.1 Å². The molecule has 0 radical (unpaired) electrons. The van der Waals surface area contributed by atoms with E-state index < -0.39 is 0 Å². The highest BCUT2D eigenvalue weighted by atomic mass is 127. The first-order valence-electron chi connectivity index (χ1n) is 9.72. The van der Waals surface area contributed by atoms with Gasteiger partial charge in [0.2, 0.25) is 0 Å². The molecule has 166 valence electrons. The molecule has 0 fully saturated rings. The van der Waals surface area contributed by atoms with E-state index in [4.69, 9.17) is 4.74 Å². The third kappa shape index (κ3) is 7.19. The number of amides is 1. The number of rotatable bonds is 8. The maximum atomic E-state index is 12.2. The van der Waals surface area contributed by atoms with Gasteiger partial charge in [0.15, 0.2) is 5.96 Å². The molecule has 0 spiro atoms. The number of hydrogen-bond acceptors (Lipinski definition) is 4. The van der Waals surface area contributed by atoms with Crippen molar-refractivity contribution in [1.29, 1.82) is 0 Å². The molecule has 0 aliphatic carbocycles. The highest BCUT2D eigenvalue weighted by Crippen LogP contribution is 2.18. The largest absolute Gasteiger partial charge is 0.497 e. The maximum absolute atomic E-state index is 12.2. The van der Waals surface area contributed by atoms with Gasteiger partial charge < -0.3 is 20.3 Å². The third-order valence-corrected chi connectivity index (χ3v) is 4.51. The molecule has 2 aromatic rings. The number of nitrogens with one attached hydrogen (secondary N) is 2. The van der Waals surface area contributed by atoms with E-state index in [0.717, 1.165) is 17.4 Å². The van der Waals surface area contributed by atoms with Gasteiger partial charge in [-0.15, -0.1) is 24.0 Å². The summed E-state index contributed by atoms with van der Waals surface area (Å²) >= 11 is 0. The van der Waals surface area contributed by atoms with Crippen molar-refractivity contribution in [2.24, 2.45) is 12.0 Å². The fraction of sp³-hybridized carbons (Fsp3) is 0.476. The van der Waals surface area contributed by atoms with Gasteiger partial charge in [-0.1, -0.05) is 13.8 Å². The summed E-state index contributed by atoms with van der Waals surface area (Å²) in [6, 6.07) is 7.03. The van der Waals surface area contributed by atoms with Crippen LogP contribution < -0.4 is 15.4 Å². The van der Waals surface area contributed by atoms with Crippen LogP contribution in [0, 0.1) is 0 Å². The Balaban J connectivity index is 0.00000450. The SMILES string of the molecule is CN=C(NCCNC(=O)c1ccc(OC)cc1)N(C)Cc1cn(C)nc1C(C)C.I. The Bertz CT molecular complexity index is 833. The van der Waals surface area contributed by atoms with Gasteiger partial charge in [-0.25, -0.2) is 0 Å². The van der Waals surface area contributed by atoms with Gasteiger partial charge in [-0.2, -0.15) is 5.10 Å². The van der Waals surface area contributed by atoms with Gasteiger partial charge in [0, 0.05) is 58.1 Å². The number of ether oxygens (including phenoxy) is 1. The van der Waals surface area contributed by atoms with Gasteiger partial charge in [0.05, 0.1) is 12.8 Å². The Morgan fingerprint density at radius 1 is 1.23 bits per heavy atom. The van der Waals surface area contributed by atoms with Gasteiger partial charge in [0.1, 0.15) is 5.75 Å². The number of methoxy groups -OCH3 is 1. The van der Waals surface area contributed by atoms with Crippen LogP contribution in [0.5, 0.6) is 5.75 Å². The van der Waals surface area contributed by atoms with E-state index in [1.165, 1.54) is 5.56 Å². The van der Waals surface area contributed by atoms with Crippen LogP contribution >= 0.6 is 24.0 Å². The fourth-order valence-corrected chi connectivity index (χ4v) is 3.07. The van der Waals surface area contributed by atoms with Gasteiger partial charge in [-0.05, 0) is 30.2 Å². The number of aromatic nitrogens is 2. The number of halogens is 1. The molecule has 2 N–H and O–H groups in total. The van der Waals surface area contributed by atoms with Crippen molar-refractivity contribution in [3.8, 4) is 5.75 Å². The molecule has 30 heavy (non-hydrogen) atoms. The number of hydrogen-bond donors (Lipinski definition) is 2. The lowest BCUT2D eigenvalue weighted by atomic mass is 10.1. The molecule has 1 amide bonds. The van der Waals surface area contributed by atoms with Crippen LogP contribution in [0.3, 0.4) is 0 Å². The topological polar surface area (TPSA) is 83.8 Å². The zero-order valence-electron chi connectivity index (χ0n) is 18.6. The summed E-state index contributed by atoms with van der Waals surface area (Å²) in [4.78, 5) is 18.6. The summed E-state index contributed by atoms with van der Waals surface area (Å²) in [5.41, 5.74) is 2.88. The summed E-state index contributed by atoms with van der Waals surface area (Å²) in [6.07, 6.45) is 2.05. The van der Waals surface area contributed by atoms with Crippen molar-refractivity contribution in [2.45, 2.75) is 26.3 Å². The second-order valence-electron chi connectivity index (χ2n) is 7.18. The van der Waals surface area contributed by atoms with Crippen molar-refractivity contribution in [1.82, 2.24) is 25.3 Å². The van der Waals surface area contributed by atoms with Crippen LogP contribution in [0.15, 0.2) is 35.5 Å². The van der Waals surface area contributed by atoms with Crippen LogP contribution in [0.4, 0.5) is 0 Å². The van der Waals surface area contributed by atoms with E-state index in [1.54, 1.807) is 38.4 Å². The molecule has 0 aliphatic heterocycles. The predicted molar refractivity (Wildman–Crippen MR) is 131 cm³/mol. The van der Waals surface area contributed by atoms with Crippen molar-refractivity contribution in [3.05, 3.63) is 47.3 Å². The Labute approximate surface area is 196 Å². The first-order valence-corrected chi connectivity index (χ1v) is 9.72. The average Bonchev–Trinajstić information content (AvgIpc) is 3.08. The molecule has 0 atom stereocenters. The monoisotopic (exact) mass is 528 g/mol. The Morgan fingerprint density at radius 3 is 2.43 bits per heavy atom. The lowest BCUT2D eigenvalue weighted by Gasteiger charge is -2.22. The van der Waals surface area contributed by atoms with Crippen molar-refractivity contribution < 1.29 is 9.53 Å². The average molecular weight is 528 g/mol. The smallest absolute Gasteiger partial charge is 0.251 e. The standard InChI is InChI=1S/C21H32N6O2.HI/c1-15(2)19-17(14-27(5)25-19)13-26(4)21(22-3)24-12-11-23-20(28)16-7-9-18(29-6)10-8-16;/h7-10,14-15H,11-13H2,1-6H3,(H,22,24)(H,23,28);1H. The lowest BCUT2D eigenvalue weighted by molar-refractivity contribution is 0.0954. The highest BCUT2D eigenvalue weighted by Gasteiger charge is 2.15.